The molecule has 1 saturated heterocycles. The van der Waals surface area contributed by atoms with E-state index in [0.717, 1.165) is 0 Å². The molecular weight excluding hydrogens is 298 g/mol. The van der Waals surface area contributed by atoms with Crippen LogP contribution in [0.25, 0.3) is 0 Å². The first-order valence-electron chi connectivity index (χ1n) is 4.68. The molecule has 0 bridgehead atoms. The molecule has 0 aromatic heterocycles. The van der Waals surface area contributed by atoms with E-state index in [1.807, 2.05) is 0 Å². The minimum absolute atomic E-state index is 0.141. The lowest BCUT2D eigenvalue weighted by Crippen LogP contribution is -2.85. The third-order valence-electron chi connectivity index (χ3n) is 2.60. The van der Waals surface area contributed by atoms with Crippen molar-refractivity contribution >= 4 is 65.3 Å². The first kappa shape index (κ1) is 13.6. The maximum atomic E-state index is 6.35. The Labute approximate surface area is 109 Å². The molecule has 0 saturated carbocycles. The number of hydrogen-bond acceptors (Lipinski definition) is 0. The lowest BCUT2D eigenvalue weighted by molar-refractivity contribution is -0.700. The SMILES string of the molecule is CC(C)[SiH]1[N+](Cl)(Cl)[SiH](C(C)C)[N+]1(Cl)Cl. The molecule has 0 spiro atoms. The van der Waals surface area contributed by atoms with Crippen molar-refractivity contribution in [2.45, 2.75) is 38.8 Å². The minimum atomic E-state index is -1.61. The second kappa shape index (κ2) is 4.07. The molecule has 84 valence electrons. The van der Waals surface area contributed by atoms with Crippen LogP contribution in [-0.2, 0) is 0 Å². The third-order valence-corrected chi connectivity index (χ3v) is 16.3. The average Bonchev–Trinajstić information content (AvgIpc) is 1.77. The third kappa shape index (κ3) is 1.88. The molecule has 8 heteroatoms. The molecule has 1 aliphatic heterocycles. The fraction of sp³-hybridized carbons (Fsp3) is 1.00. The Morgan fingerprint density at radius 2 is 0.929 bits per heavy atom. The van der Waals surface area contributed by atoms with Crippen LogP contribution in [0.15, 0.2) is 0 Å². The van der Waals surface area contributed by atoms with Crippen molar-refractivity contribution in [1.82, 2.24) is 0 Å². The summed E-state index contributed by atoms with van der Waals surface area (Å²) in [4.78, 5) is 0. The highest BCUT2D eigenvalue weighted by Crippen LogP contribution is 2.54. The van der Waals surface area contributed by atoms with Crippen LogP contribution in [0.2, 0.25) is 11.1 Å². The topological polar surface area (TPSA) is 0 Å². The molecule has 1 fully saturated rings. The maximum absolute atomic E-state index is 6.35. The summed E-state index contributed by atoms with van der Waals surface area (Å²) in [5, 5.41) is 0. The van der Waals surface area contributed by atoms with Gasteiger partial charge < -0.3 is 0 Å². The molecule has 0 aliphatic carbocycles. The number of nitrogens with zero attached hydrogens (tertiary/aromatic N) is 2. The maximum Gasteiger partial charge on any atom is 0.554 e. The van der Waals surface area contributed by atoms with Crippen LogP contribution in [0.4, 0.5) is 0 Å². The van der Waals surface area contributed by atoms with Crippen molar-refractivity contribution in [2.75, 3.05) is 0 Å². The standard InChI is InChI=1S/C6H16Cl4N2Si2/c1-5(2)13-11(7,8)14(6(3)4)12(13,9)10/h5-6,13-14H,1-4H3/q+2. The van der Waals surface area contributed by atoms with Gasteiger partial charge in [0.05, 0.1) is 11.1 Å². The van der Waals surface area contributed by atoms with Crippen molar-refractivity contribution < 1.29 is 5.70 Å². The number of rotatable bonds is 2. The fourth-order valence-electron chi connectivity index (χ4n) is 2.24. The largest absolute Gasteiger partial charge is 0.554 e. The Hall–Kier alpha value is 1.51. The molecule has 1 aliphatic rings. The Morgan fingerprint density at radius 3 is 1.07 bits per heavy atom. The van der Waals surface area contributed by atoms with Crippen molar-refractivity contribution in [2.24, 2.45) is 0 Å². The van der Waals surface area contributed by atoms with E-state index in [1.54, 1.807) is 0 Å². The van der Waals surface area contributed by atoms with Crippen LogP contribution in [-0.4, -0.2) is 23.9 Å². The molecule has 0 amide bonds. The molecule has 1 rings (SSSR count). The van der Waals surface area contributed by atoms with Gasteiger partial charge >= 0.3 is 18.2 Å². The molecule has 0 atom stereocenters. The van der Waals surface area contributed by atoms with Gasteiger partial charge in [0.2, 0.25) is 0 Å². The summed E-state index contributed by atoms with van der Waals surface area (Å²) in [7, 11) is -3.22. The predicted molar refractivity (Wildman–Crippen MR) is 68.4 cm³/mol. The summed E-state index contributed by atoms with van der Waals surface area (Å²) in [5.41, 5.74) is 0.810. The summed E-state index contributed by atoms with van der Waals surface area (Å²) in [6.07, 6.45) is 0. The molecule has 2 nitrogen and oxygen atoms in total. The lowest BCUT2D eigenvalue weighted by atomic mass is 10.6. The second-order valence-corrected chi connectivity index (χ2v) is 18.5. The van der Waals surface area contributed by atoms with Crippen LogP contribution in [0.5, 0.6) is 0 Å². The van der Waals surface area contributed by atoms with Crippen LogP contribution in [0.3, 0.4) is 0 Å². The zero-order chi connectivity index (χ0) is 11.3. The van der Waals surface area contributed by atoms with Gasteiger partial charge in [0.15, 0.2) is 47.1 Å². The van der Waals surface area contributed by atoms with Gasteiger partial charge in [-0.25, -0.2) is 0 Å². The van der Waals surface area contributed by atoms with Crippen LogP contribution in [0, 0.1) is 0 Å². The molecular formula is C6H16Cl4N2Si2+2. The summed E-state index contributed by atoms with van der Waals surface area (Å²) in [6.45, 7) is 8.38. The zero-order valence-electron chi connectivity index (χ0n) is 8.72. The zero-order valence-corrected chi connectivity index (χ0v) is 14.0. The van der Waals surface area contributed by atoms with Crippen molar-refractivity contribution in [3.8, 4) is 0 Å². The van der Waals surface area contributed by atoms with E-state index in [9.17, 15) is 0 Å². The molecule has 0 N–H and O–H groups in total. The summed E-state index contributed by atoms with van der Waals surface area (Å²) < 4.78 is 0.282. The second-order valence-electron chi connectivity index (χ2n) is 4.52. The molecule has 14 heavy (non-hydrogen) atoms. The molecule has 0 aromatic carbocycles. The Morgan fingerprint density at radius 1 is 0.714 bits per heavy atom. The Bertz CT molecular complexity index is 198. The van der Waals surface area contributed by atoms with Gasteiger partial charge in [-0.2, -0.15) is 0 Å². The number of quaternary nitrogens is 2. The minimum Gasteiger partial charge on any atom is -0.144 e. The van der Waals surface area contributed by atoms with Crippen molar-refractivity contribution in [1.29, 1.82) is 0 Å². The van der Waals surface area contributed by atoms with Crippen molar-refractivity contribution in [3.63, 3.8) is 0 Å². The van der Waals surface area contributed by atoms with Crippen LogP contribution < -0.4 is 0 Å². The number of halogens is 4. The van der Waals surface area contributed by atoms with E-state index in [2.05, 4.69) is 27.7 Å². The van der Waals surface area contributed by atoms with Gasteiger partial charge in [0.1, 0.15) is 0 Å². The molecule has 0 aromatic rings. The van der Waals surface area contributed by atoms with E-state index >= 15 is 0 Å². The monoisotopic (exact) mass is 312 g/mol. The van der Waals surface area contributed by atoms with Gasteiger partial charge in [-0.1, -0.05) is 27.7 Å². The van der Waals surface area contributed by atoms with Gasteiger partial charge in [0, 0.05) is 0 Å². The van der Waals surface area contributed by atoms with E-state index < -0.39 is 18.2 Å². The van der Waals surface area contributed by atoms with Crippen molar-refractivity contribution in [3.05, 3.63) is 0 Å². The molecule has 0 radical (unpaired) electrons. The summed E-state index contributed by atoms with van der Waals surface area (Å²) in [6, 6.07) is 0. The van der Waals surface area contributed by atoms with E-state index in [-0.39, 0.29) is 5.70 Å². The molecule has 0 unspecified atom stereocenters. The highest BCUT2D eigenvalue weighted by Gasteiger charge is 2.84. The van der Waals surface area contributed by atoms with Gasteiger partial charge in [-0.15, -0.1) is 5.70 Å². The quantitative estimate of drug-likeness (QED) is 0.540. The van der Waals surface area contributed by atoms with Gasteiger partial charge in [-0.05, 0) is 0 Å². The first-order chi connectivity index (χ1) is 6.13. The highest BCUT2D eigenvalue weighted by molar-refractivity contribution is 6.88. The van der Waals surface area contributed by atoms with E-state index in [4.69, 9.17) is 47.1 Å². The predicted octanol–water partition coefficient (Wildman–Crippen LogP) is 3.51. The number of hydrogen-bond donors (Lipinski definition) is 0. The Kier molecular flexibility index (Phi) is 3.95. The first-order valence-corrected chi connectivity index (χ1v) is 9.44. The van der Waals surface area contributed by atoms with Gasteiger partial charge in [0.25, 0.3) is 0 Å². The summed E-state index contributed by atoms with van der Waals surface area (Å²) in [5.74, 6) is 0. The highest BCUT2D eigenvalue weighted by atomic mass is 35.6. The summed E-state index contributed by atoms with van der Waals surface area (Å²) >= 11 is 25.4. The Balaban J connectivity index is 2.95. The van der Waals surface area contributed by atoms with Gasteiger partial charge in [-0.3, -0.25) is 0 Å². The van der Waals surface area contributed by atoms with Crippen LogP contribution >= 0.6 is 47.1 Å². The normalized spacial score (nSPS) is 34.7. The van der Waals surface area contributed by atoms with Crippen LogP contribution in [0.1, 0.15) is 27.7 Å². The molecule has 1 heterocycles. The average molecular weight is 314 g/mol. The van der Waals surface area contributed by atoms with E-state index in [0.29, 0.717) is 11.1 Å². The lowest BCUT2D eigenvalue weighted by Gasteiger charge is -2.50. The van der Waals surface area contributed by atoms with E-state index in [1.165, 1.54) is 0 Å². The smallest absolute Gasteiger partial charge is 0.144 e. The fourth-order valence-corrected chi connectivity index (χ4v) is 26.2.